The number of carbonyl (C=O) groups excluding carboxylic acids is 2. The SMILES string of the molecule is CCOC(=O)Cc1csc(NC(=O)c2ccc(-n3cccn3)cc2)n1. The standard InChI is InChI=1S/C17H16N4O3S/c1-2-24-15(22)10-13-11-25-17(19-13)20-16(23)12-4-6-14(7-5-12)21-9-3-8-18-21/h3-9,11H,2,10H2,1H3,(H,19,20,23). The second-order valence-corrected chi connectivity index (χ2v) is 5.94. The average Bonchev–Trinajstić information content (AvgIpc) is 3.27. The lowest BCUT2D eigenvalue weighted by molar-refractivity contribution is -0.142. The summed E-state index contributed by atoms with van der Waals surface area (Å²) in [5.74, 6) is -0.594. The van der Waals surface area contributed by atoms with Crippen LogP contribution in [0.15, 0.2) is 48.1 Å². The minimum absolute atomic E-state index is 0.0960. The number of thiazole rings is 1. The molecule has 0 spiro atoms. The molecule has 8 heteroatoms. The Bertz CT molecular complexity index is 856. The first-order chi connectivity index (χ1) is 12.2. The van der Waals surface area contributed by atoms with Crippen molar-refractivity contribution >= 4 is 28.3 Å². The van der Waals surface area contributed by atoms with E-state index in [4.69, 9.17) is 4.74 Å². The Morgan fingerprint density at radius 3 is 2.76 bits per heavy atom. The first-order valence-corrected chi connectivity index (χ1v) is 8.55. The fraction of sp³-hybridized carbons (Fsp3) is 0.176. The Kier molecular flexibility index (Phi) is 5.20. The minimum atomic E-state index is -0.333. The number of carbonyl (C=O) groups is 2. The van der Waals surface area contributed by atoms with Crippen molar-refractivity contribution < 1.29 is 14.3 Å². The molecule has 0 aliphatic rings. The molecule has 0 radical (unpaired) electrons. The van der Waals surface area contributed by atoms with Crippen LogP contribution in [0.1, 0.15) is 23.0 Å². The fourth-order valence-electron chi connectivity index (χ4n) is 2.16. The first-order valence-electron chi connectivity index (χ1n) is 7.67. The van der Waals surface area contributed by atoms with Crippen molar-refractivity contribution in [2.24, 2.45) is 0 Å². The highest BCUT2D eigenvalue weighted by Gasteiger charge is 2.12. The summed E-state index contributed by atoms with van der Waals surface area (Å²) in [6.07, 6.45) is 3.62. The number of hydrogen-bond donors (Lipinski definition) is 1. The third-order valence-electron chi connectivity index (χ3n) is 3.30. The van der Waals surface area contributed by atoms with Gasteiger partial charge in [0.05, 0.1) is 24.4 Å². The largest absolute Gasteiger partial charge is 0.466 e. The smallest absolute Gasteiger partial charge is 0.311 e. The Hall–Kier alpha value is -3.00. The predicted molar refractivity (Wildman–Crippen MR) is 94.0 cm³/mol. The van der Waals surface area contributed by atoms with E-state index in [0.717, 1.165) is 5.69 Å². The van der Waals surface area contributed by atoms with E-state index in [1.807, 2.05) is 24.4 Å². The molecular weight excluding hydrogens is 340 g/mol. The molecule has 0 saturated heterocycles. The van der Waals surface area contributed by atoms with Gasteiger partial charge in [0.1, 0.15) is 0 Å². The second kappa shape index (κ2) is 7.71. The van der Waals surface area contributed by atoms with E-state index in [1.54, 1.807) is 35.3 Å². The molecule has 3 aromatic rings. The molecule has 0 aliphatic carbocycles. The molecule has 1 aromatic carbocycles. The molecule has 3 rings (SSSR count). The van der Waals surface area contributed by atoms with Gasteiger partial charge < -0.3 is 4.74 Å². The van der Waals surface area contributed by atoms with Crippen LogP contribution in [0.2, 0.25) is 0 Å². The van der Waals surface area contributed by atoms with Crippen molar-refractivity contribution in [3.8, 4) is 5.69 Å². The topological polar surface area (TPSA) is 86.1 Å². The van der Waals surface area contributed by atoms with E-state index >= 15 is 0 Å². The van der Waals surface area contributed by atoms with Crippen LogP contribution in [0.3, 0.4) is 0 Å². The number of esters is 1. The van der Waals surface area contributed by atoms with Crippen LogP contribution in [0, 0.1) is 0 Å². The number of benzene rings is 1. The average molecular weight is 356 g/mol. The van der Waals surface area contributed by atoms with Crippen molar-refractivity contribution in [1.29, 1.82) is 0 Å². The molecule has 0 saturated carbocycles. The normalized spacial score (nSPS) is 10.4. The molecule has 0 fully saturated rings. The van der Waals surface area contributed by atoms with Gasteiger partial charge in [-0.3, -0.25) is 14.9 Å². The maximum atomic E-state index is 12.3. The number of nitrogens with zero attached hydrogens (tertiary/aromatic N) is 3. The highest BCUT2D eigenvalue weighted by Crippen LogP contribution is 2.18. The summed E-state index contributed by atoms with van der Waals surface area (Å²) >= 11 is 1.27. The quantitative estimate of drug-likeness (QED) is 0.686. The summed E-state index contributed by atoms with van der Waals surface area (Å²) in [6, 6.07) is 8.90. The lowest BCUT2D eigenvalue weighted by Crippen LogP contribution is -2.12. The van der Waals surface area contributed by atoms with Gasteiger partial charge >= 0.3 is 5.97 Å². The number of hydrogen-bond acceptors (Lipinski definition) is 6. The molecule has 2 aromatic heterocycles. The highest BCUT2D eigenvalue weighted by atomic mass is 32.1. The molecule has 2 heterocycles. The molecule has 0 aliphatic heterocycles. The van der Waals surface area contributed by atoms with Crippen LogP contribution in [0.5, 0.6) is 0 Å². The number of amides is 1. The second-order valence-electron chi connectivity index (χ2n) is 5.08. The zero-order chi connectivity index (χ0) is 17.6. The number of nitrogens with one attached hydrogen (secondary N) is 1. The Balaban J connectivity index is 1.62. The van der Waals surface area contributed by atoms with Crippen LogP contribution in [-0.4, -0.2) is 33.2 Å². The molecule has 0 atom stereocenters. The van der Waals surface area contributed by atoms with Gasteiger partial charge in [-0.15, -0.1) is 11.3 Å². The number of ether oxygens (including phenoxy) is 1. The van der Waals surface area contributed by atoms with E-state index in [9.17, 15) is 9.59 Å². The summed E-state index contributed by atoms with van der Waals surface area (Å²) in [4.78, 5) is 28.0. The predicted octanol–water partition coefficient (Wildman–Crippen LogP) is 2.69. The van der Waals surface area contributed by atoms with Gasteiger partial charge in [-0.25, -0.2) is 9.67 Å². The van der Waals surface area contributed by atoms with Gasteiger partial charge in [0.25, 0.3) is 5.91 Å². The van der Waals surface area contributed by atoms with Gasteiger partial charge in [-0.1, -0.05) is 0 Å². The molecule has 1 amide bonds. The summed E-state index contributed by atoms with van der Waals surface area (Å²) in [7, 11) is 0. The first kappa shape index (κ1) is 16.8. The zero-order valence-electron chi connectivity index (χ0n) is 13.5. The van der Waals surface area contributed by atoms with E-state index in [-0.39, 0.29) is 18.3 Å². The molecule has 0 bridgehead atoms. The lowest BCUT2D eigenvalue weighted by Gasteiger charge is -2.04. The molecule has 128 valence electrons. The van der Waals surface area contributed by atoms with Crippen molar-refractivity contribution in [2.75, 3.05) is 11.9 Å². The summed E-state index contributed by atoms with van der Waals surface area (Å²) < 4.78 is 6.59. The van der Waals surface area contributed by atoms with Crippen molar-refractivity contribution in [3.63, 3.8) is 0 Å². The molecular formula is C17H16N4O3S. The third kappa shape index (κ3) is 4.30. The van der Waals surface area contributed by atoms with Crippen molar-refractivity contribution in [2.45, 2.75) is 13.3 Å². The number of aromatic nitrogens is 3. The maximum Gasteiger partial charge on any atom is 0.311 e. The summed E-state index contributed by atoms with van der Waals surface area (Å²) in [5.41, 5.74) is 1.96. The monoisotopic (exact) mass is 356 g/mol. The summed E-state index contributed by atoms with van der Waals surface area (Å²) in [6.45, 7) is 2.09. The van der Waals surface area contributed by atoms with Crippen molar-refractivity contribution in [1.82, 2.24) is 14.8 Å². The molecule has 1 N–H and O–H groups in total. The lowest BCUT2D eigenvalue weighted by atomic mass is 10.2. The number of anilines is 1. The molecule has 25 heavy (non-hydrogen) atoms. The van der Waals surface area contributed by atoms with Gasteiger partial charge in [0.15, 0.2) is 5.13 Å². The third-order valence-corrected chi connectivity index (χ3v) is 4.11. The van der Waals surface area contributed by atoms with Crippen LogP contribution >= 0.6 is 11.3 Å². The summed E-state index contributed by atoms with van der Waals surface area (Å²) in [5, 5.41) is 9.04. The highest BCUT2D eigenvalue weighted by molar-refractivity contribution is 7.14. The Morgan fingerprint density at radius 2 is 2.08 bits per heavy atom. The van der Waals surface area contributed by atoms with Gasteiger partial charge in [0.2, 0.25) is 0 Å². The van der Waals surface area contributed by atoms with Gasteiger partial charge in [-0.05, 0) is 37.3 Å². The van der Waals surface area contributed by atoms with E-state index < -0.39 is 0 Å². The van der Waals surface area contributed by atoms with E-state index in [0.29, 0.717) is 23.0 Å². The number of rotatable bonds is 6. The minimum Gasteiger partial charge on any atom is -0.466 e. The van der Waals surface area contributed by atoms with E-state index in [1.165, 1.54) is 11.3 Å². The van der Waals surface area contributed by atoms with Crippen LogP contribution in [-0.2, 0) is 16.0 Å². The zero-order valence-corrected chi connectivity index (χ0v) is 14.3. The van der Waals surface area contributed by atoms with Crippen LogP contribution < -0.4 is 5.32 Å². The van der Waals surface area contributed by atoms with Crippen LogP contribution in [0.4, 0.5) is 5.13 Å². The Morgan fingerprint density at radius 1 is 1.28 bits per heavy atom. The fourth-order valence-corrected chi connectivity index (χ4v) is 2.87. The van der Waals surface area contributed by atoms with Gasteiger partial charge in [-0.2, -0.15) is 5.10 Å². The maximum absolute atomic E-state index is 12.3. The Labute approximate surface area is 148 Å². The molecule has 7 nitrogen and oxygen atoms in total. The van der Waals surface area contributed by atoms with Gasteiger partial charge in [0, 0.05) is 23.3 Å². The molecule has 0 unspecified atom stereocenters. The van der Waals surface area contributed by atoms with E-state index in [2.05, 4.69) is 15.4 Å². The van der Waals surface area contributed by atoms with Crippen LogP contribution in [0.25, 0.3) is 5.69 Å². The van der Waals surface area contributed by atoms with Crippen molar-refractivity contribution in [3.05, 3.63) is 59.4 Å².